The van der Waals surface area contributed by atoms with E-state index in [4.69, 9.17) is 32.2 Å². The van der Waals surface area contributed by atoms with E-state index < -0.39 is 19.4 Å². The third-order valence-electron chi connectivity index (χ3n) is 3.82. The van der Waals surface area contributed by atoms with Crippen molar-refractivity contribution >= 4 is 36.7 Å². The summed E-state index contributed by atoms with van der Waals surface area (Å²) in [7, 11) is -3.88. The lowest BCUT2D eigenvalue weighted by Crippen LogP contribution is -2.30. The Hall–Kier alpha value is -1.62. The molecule has 0 aliphatic rings. The zero-order valence-corrected chi connectivity index (χ0v) is 18.0. The molecular weight excluding hydrogens is 420 g/mol. The minimum atomic E-state index is -3.88. The molecule has 28 heavy (non-hydrogen) atoms. The highest BCUT2D eigenvalue weighted by Gasteiger charge is 2.35. The van der Waals surface area contributed by atoms with E-state index in [-0.39, 0.29) is 23.1 Å². The largest absolute Gasteiger partial charge is 0.379 e. The molecule has 1 amide bonds. The third-order valence-corrected chi connectivity index (χ3v) is 6.54. The second-order valence-corrected chi connectivity index (χ2v) is 8.59. The fourth-order valence-corrected chi connectivity index (χ4v) is 4.88. The van der Waals surface area contributed by atoms with Crippen LogP contribution in [0.4, 0.5) is 0 Å². The van der Waals surface area contributed by atoms with Crippen molar-refractivity contribution in [2.45, 2.75) is 19.8 Å². The van der Waals surface area contributed by atoms with E-state index >= 15 is 0 Å². The van der Waals surface area contributed by atoms with Gasteiger partial charge in [0, 0.05) is 0 Å². The lowest BCUT2D eigenvalue weighted by Gasteiger charge is -2.23. The Morgan fingerprint density at radius 2 is 1.36 bits per heavy atom. The smallest absolute Gasteiger partial charge is 0.316 e. The van der Waals surface area contributed by atoms with Gasteiger partial charge in [-0.05, 0) is 25.0 Å². The summed E-state index contributed by atoms with van der Waals surface area (Å²) < 4.78 is 23.3. The van der Waals surface area contributed by atoms with Gasteiger partial charge >= 0.3 is 7.60 Å². The maximum atomic E-state index is 13.2. The predicted molar refractivity (Wildman–Crippen MR) is 112 cm³/mol. The number of hydrogen-bond donors (Lipinski definition) is 1. The molecule has 0 saturated carbocycles. The molecule has 150 valence electrons. The molecule has 0 aliphatic heterocycles. The molecule has 0 fully saturated rings. The van der Waals surface area contributed by atoms with Gasteiger partial charge in [-0.3, -0.25) is 9.36 Å². The highest BCUT2D eigenvalue weighted by molar-refractivity contribution is 7.58. The normalized spacial score (nSPS) is 11.3. The maximum absolute atomic E-state index is 13.2. The number of rotatable bonds is 9. The number of carbonyl (C=O) groups is 1. The van der Waals surface area contributed by atoms with E-state index in [9.17, 15) is 9.36 Å². The molecule has 0 aliphatic carbocycles. The van der Waals surface area contributed by atoms with Crippen LogP contribution in [0.1, 0.15) is 30.9 Å². The quantitative estimate of drug-likeness (QED) is 0.499. The van der Waals surface area contributed by atoms with E-state index in [2.05, 4.69) is 5.32 Å². The highest BCUT2D eigenvalue weighted by Crippen LogP contribution is 2.57. The van der Waals surface area contributed by atoms with Crippen molar-refractivity contribution in [2.24, 2.45) is 0 Å². The van der Waals surface area contributed by atoms with Crippen LogP contribution in [0.5, 0.6) is 0 Å². The second-order valence-electron chi connectivity index (χ2n) is 5.69. The summed E-state index contributed by atoms with van der Waals surface area (Å²) in [6, 6.07) is 18.5. The third kappa shape index (κ3) is 5.69. The Balaban J connectivity index is 2.44. The molecule has 1 N–H and O–H groups in total. The van der Waals surface area contributed by atoms with Crippen LogP contribution in [0.15, 0.2) is 70.6 Å². The highest BCUT2D eigenvalue weighted by atomic mass is 35.5. The Bertz CT molecular complexity index is 806. The summed E-state index contributed by atoms with van der Waals surface area (Å²) in [5.74, 6) is -1.12. The first-order chi connectivity index (χ1) is 13.4. The van der Waals surface area contributed by atoms with Crippen LogP contribution in [0.25, 0.3) is 0 Å². The minimum absolute atomic E-state index is 0.0957. The molecule has 2 rings (SSSR count). The summed E-state index contributed by atoms with van der Waals surface area (Å²) >= 11 is 11.9. The SMILES string of the molecule is CCOP(=O)(OCC)C(NC(=O)C(c1ccccc1)c1ccccc1)=C(Cl)Cl. The first-order valence-corrected chi connectivity index (χ1v) is 11.1. The zero-order chi connectivity index (χ0) is 20.6. The predicted octanol–water partition coefficient (Wildman–Crippen LogP) is 5.81. The summed E-state index contributed by atoms with van der Waals surface area (Å²) in [4.78, 5) is 13.2. The van der Waals surface area contributed by atoms with Crippen LogP contribution in [0.2, 0.25) is 0 Å². The number of amides is 1. The minimum Gasteiger partial charge on any atom is -0.316 e. The number of hydrogen-bond acceptors (Lipinski definition) is 4. The van der Waals surface area contributed by atoms with Gasteiger partial charge in [-0.15, -0.1) is 0 Å². The van der Waals surface area contributed by atoms with Crippen molar-refractivity contribution in [1.29, 1.82) is 0 Å². The topological polar surface area (TPSA) is 64.6 Å². The molecule has 0 radical (unpaired) electrons. The van der Waals surface area contributed by atoms with E-state index in [0.717, 1.165) is 11.1 Å². The van der Waals surface area contributed by atoms with Crippen molar-refractivity contribution in [2.75, 3.05) is 13.2 Å². The van der Waals surface area contributed by atoms with Crippen LogP contribution in [0, 0.1) is 0 Å². The Morgan fingerprint density at radius 3 is 1.71 bits per heavy atom. The first-order valence-electron chi connectivity index (χ1n) is 8.78. The van der Waals surface area contributed by atoms with Crippen LogP contribution in [-0.4, -0.2) is 19.1 Å². The summed E-state index contributed by atoms with van der Waals surface area (Å²) in [5, 5.41) is 2.59. The van der Waals surface area contributed by atoms with Gasteiger partial charge in [0.15, 0.2) is 5.44 Å². The van der Waals surface area contributed by atoms with Crippen LogP contribution in [-0.2, 0) is 18.4 Å². The Kier molecular flexibility index (Phi) is 8.74. The first kappa shape index (κ1) is 22.7. The van der Waals surface area contributed by atoms with Gasteiger partial charge < -0.3 is 14.4 Å². The van der Waals surface area contributed by atoms with Gasteiger partial charge in [0.1, 0.15) is 4.49 Å². The average molecular weight is 442 g/mol. The van der Waals surface area contributed by atoms with Crippen molar-refractivity contribution < 1.29 is 18.4 Å². The molecule has 5 nitrogen and oxygen atoms in total. The molecule has 0 bridgehead atoms. The molecule has 0 heterocycles. The van der Waals surface area contributed by atoms with Gasteiger partial charge in [-0.25, -0.2) is 0 Å². The molecule has 0 saturated heterocycles. The van der Waals surface area contributed by atoms with E-state index in [1.54, 1.807) is 13.8 Å². The Morgan fingerprint density at radius 1 is 0.929 bits per heavy atom. The maximum Gasteiger partial charge on any atom is 0.379 e. The number of nitrogens with one attached hydrogen (secondary N) is 1. The van der Waals surface area contributed by atoms with Crippen LogP contribution >= 0.6 is 30.8 Å². The van der Waals surface area contributed by atoms with E-state index in [1.165, 1.54) is 0 Å². The van der Waals surface area contributed by atoms with Crippen LogP contribution in [0.3, 0.4) is 0 Å². The molecule has 2 aromatic rings. The lowest BCUT2D eigenvalue weighted by atomic mass is 9.90. The zero-order valence-electron chi connectivity index (χ0n) is 15.6. The van der Waals surface area contributed by atoms with Crippen molar-refractivity contribution in [3.63, 3.8) is 0 Å². The molecule has 0 atom stereocenters. The summed E-state index contributed by atoms with van der Waals surface area (Å²) in [5.41, 5.74) is 1.26. The van der Waals surface area contributed by atoms with Crippen molar-refractivity contribution in [3.05, 3.63) is 81.7 Å². The van der Waals surface area contributed by atoms with E-state index in [0.29, 0.717) is 0 Å². The molecule has 2 aromatic carbocycles. The monoisotopic (exact) mass is 441 g/mol. The van der Waals surface area contributed by atoms with Gasteiger partial charge in [-0.2, -0.15) is 0 Å². The molecule has 0 spiro atoms. The molecular formula is C20H22Cl2NO4P. The standard InChI is InChI=1S/C20H22Cl2NO4P/c1-3-26-28(25,27-4-2)20(18(21)22)23-19(24)17(15-11-7-5-8-12-15)16-13-9-6-10-14-16/h5-14,17H,3-4H2,1-2H3,(H,23,24). The fourth-order valence-electron chi connectivity index (χ4n) is 2.70. The molecule has 8 heteroatoms. The number of carbonyl (C=O) groups excluding carboxylic acids is 1. The van der Waals surface area contributed by atoms with Gasteiger partial charge in [0.05, 0.1) is 19.1 Å². The number of halogens is 2. The summed E-state index contributed by atoms with van der Waals surface area (Å²) in [6.45, 7) is 3.50. The summed E-state index contributed by atoms with van der Waals surface area (Å²) in [6.07, 6.45) is 0. The molecule has 0 aromatic heterocycles. The second kappa shape index (κ2) is 10.8. The van der Waals surface area contributed by atoms with Crippen LogP contribution < -0.4 is 5.32 Å². The van der Waals surface area contributed by atoms with Crippen molar-refractivity contribution in [3.8, 4) is 0 Å². The number of benzene rings is 2. The van der Waals surface area contributed by atoms with E-state index in [1.807, 2.05) is 60.7 Å². The van der Waals surface area contributed by atoms with Gasteiger partial charge in [0.25, 0.3) is 0 Å². The fraction of sp³-hybridized carbons (Fsp3) is 0.250. The average Bonchev–Trinajstić information content (AvgIpc) is 2.68. The van der Waals surface area contributed by atoms with Gasteiger partial charge in [-0.1, -0.05) is 83.9 Å². The van der Waals surface area contributed by atoms with Gasteiger partial charge in [0.2, 0.25) is 5.91 Å². The van der Waals surface area contributed by atoms with Crippen molar-refractivity contribution in [1.82, 2.24) is 5.32 Å². The lowest BCUT2D eigenvalue weighted by molar-refractivity contribution is -0.120. The Labute approximate surface area is 175 Å². The molecule has 0 unspecified atom stereocenters.